The standard InChI is InChI=1S/C13H20N4O2/c1-8-7-17(2)4-3-11(8)16-12-5-9(13(18)19)10(14)6-15-12/h5-6,8,11H,3-4,7,14H2,1-2H3,(H,15,16)(H,18,19). The number of anilines is 2. The Labute approximate surface area is 112 Å². The van der Waals surface area contributed by atoms with Crippen molar-refractivity contribution < 1.29 is 9.90 Å². The molecule has 2 unspecified atom stereocenters. The molecule has 6 heteroatoms. The number of hydrogen-bond donors (Lipinski definition) is 3. The normalized spacial score (nSPS) is 24.1. The predicted octanol–water partition coefficient (Wildman–Crippen LogP) is 1.11. The molecular weight excluding hydrogens is 244 g/mol. The quantitative estimate of drug-likeness (QED) is 0.757. The van der Waals surface area contributed by atoms with Gasteiger partial charge in [0.1, 0.15) is 5.82 Å². The molecule has 1 fully saturated rings. The maximum absolute atomic E-state index is 11.0. The molecule has 104 valence electrons. The fraction of sp³-hybridized carbons (Fsp3) is 0.538. The number of pyridine rings is 1. The molecule has 0 bridgehead atoms. The lowest BCUT2D eigenvalue weighted by Crippen LogP contribution is -2.43. The first kappa shape index (κ1) is 13.6. The van der Waals surface area contributed by atoms with E-state index in [1.54, 1.807) is 0 Å². The topological polar surface area (TPSA) is 91.5 Å². The summed E-state index contributed by atoms with van der Waals surface area (Å²) in [6.45, 7) is 4.24. The number of hydrogen-bond acceptors (Lipinski definition) is 5. The molecule has 0 spiro atoms. The number of nitrogens with zero attached hydrogens (tertiary/aromatic N) is 2. The number of piperidine rings is 1. The Morgan fingerprint density at radius 1 is 1.63 bits per heavy atom. The van der Waals surface area contributed by atoms with Gasteiger partial charge in [0.15, 0.2) is 0 Å². The number of carboxylic acids is 1. The van der Waals surface area contributed by atoms with Crippen molar-refractivity contribution in [3.05, 3.63) is 17.8 Å². The Kier molecular flexibility index (Phi) is 3.90. The maximum Gasteiger partial charge on any atom is 0.337 e. The molecule has 0 radical (unpaired) electrons. The molecule has 0 saturated carbocycles. The molecule has 0 aliphatic carbocycles. The van der Waals surface area contributed by atoms with Gasteiger partial charge in [-0.3, -0.25) is 0 Å². The van der Waals surface area contributed by atoms with Crippen molar-refractivity contribution in [3.63, 3.8) is 0 Å². The van der Waals surface area contributed by atoms with E-state index in [1.165, 1.54) is 12.3 Å². The Bertz CT molecular complexity index is 478. The molecule has 1 aliphatic heterocycles. The van der Waals surface area contributed by atoms with Crippen LogP contribution >= 0.6 is 0 Å². The van der Waals surface area contributed by atoms with Gasteiger partial charge in [0.2, 0.25) is 0 Å². The van der Waals surface area contributed by atoms with Crippen molar-refractivity contribution in [1.29, 1.82) is 0 Å². The monoisotopic (exact) mass is 264 g/mol. The van der Waals surface area contributed by atoms with E-state index in [1.807, 2.05) is 0 Å². The zero-order valence-electron chi connectivity index (χ0n) is 11.3. The van der Waals surface area contributed by atoms with Crippen LogP contribution in [0, 0.1) is 5.92 Å². The average molecular weight is 264 g/mol. The molecule has 2 atom stereocenters. The van der Waals surface area contributed by atoms with Gasteiger partial charge in [0.05, 0.1) is 17.4 Å². The first-order chi connectivity index (χ1) is 8.97. The van der Waals surface area contributed by atoms with Gasteiger partial charge in [-0.05, 0) is 32.0 Å². The van der Waals surface area contributed by atoms with Gasteiger partial charge >= 0.3 is 5.97 Å². The average Bonchev–Trinajstić information content (AvgIpc) is 2.34. The molecule has 19 heavy (non-hydrogen) atoms. The van der Waals surface area contributed by atoms with Crippen molar-refractivity contribution in [3.8, 4) is 0 Å². The largest absolute Gasteiger partial charge is 0.478 e. The third-order valence-corrected chi connectivity index (χ3v) is 3.61. The van der Waals surface area contributed by atoms with Crippen LogP contribution in [0.2, 0.25) is 0 Å². The zero-order chi connectivity index (χ0) is 14.0. The van der Waals surface area contributed by atoms with E-state index in [4.69, 9.17) is 10.8 Å². The van der Waals surface area contributed by atoms with E-state index in [-0.39, 0.29) is 11.3 Å². The Hall–Kier alpha value is -1.82. The fourth-order valence-electron chi connectivity index (χ4n) is 2.49. The van der Waals surface area contributed by atoms with E-state index in [0.29, 0.717) is 17.8 Å². The minimum absolute atomic E-state index is 0.0954. The summed E-state index contributed by atoms with van der Waals surface area (Å²) in [5.41, 5.74) is 5.88. The molecule has 1 aromatic heterocycles. The second-order valence-electron chi connectivity index (χ2n) is 5.24. The van der Waals surface area contributed by atoms with Crippen LogP contribution < -0.4 is 11.1 Å². The number of nitrogen functional groups attached to an aromatic ring is 1. The van der Waals surface area contributed by atoms with E-state index in [9.17, 15) is 4.79 Å². The Morgan fingerprint density at radius 2 is 2.37 bits per heavy atom. The van der Waals surface area contributed by atoms with E-state index in [2.05, 4.69) is 29.2 Å². The lowest BCUT2D eigenvalue weighted by molar-refractivity contribution is 0.0698. The third-order valence-electron chi connectivity index (χ3n) is 3.61. The first-order valence-corrected chi connectivity index (χ1v) is 6.41. The highest BCUT2D eigenvalue weighted by molar-refractivity contribution is 5.94. The van der Waals surface area contributed by atoms with Crippen molar-refractivity contribution in [2.24, 2.45) is 5.92 Å². The number of carbonyl (C=O) groups is 1. The number of carboxylic acid groups (broad SMARTS) is 1. The number of rotatable bonds is 3. The minimum Gasteiger partial charge on any atom is -0.478 e. The number of aromatic nitrogens is 1. The van der Waals surface area contributed by atoms with Gasteiger partial charge in [-0.2, -0.15) is 0 Å². The van der Waals surface area contributed by atoms with Crippen molar-refractivity contribution in [2.45, 2.75) is 19.4 Å². The van der Waals surface area contributed by atoms with Crippen LogP contribution in [0.25, 0.3) is 0 Å². The van der Waals surface area contributed by atoms with Gasteiger partial charge in [0.25, 0.3) is 0 Å². The molecule has 6 nitrogen and oxygen atoms in total. The summed E-state index contributed by atoms with van der Waals surface area (Å²) in [7, 11) is 2.11. The lowest BCUT2D eigenvalue weighted by Gasteiger charge is -2.35. The summed E-state index contributed by atoms with van der Waals surface area (Å²) < 4.78 is 0. The van der Waals surface area contributed by atoms with Gasteiger partial charge in [-0.15, -0.1) is 0 Å². The maximum atomic E-state index is 11.0. The number of aromatic carboxylic acids is 1. The summed E-state index contributed by atoms with van der Waals surface area (Å²) in [5.74, 6) is 0.0405. The molecule has 1 aromatic rings. The van der Waals surface area contributed by atoms with E-state index >= 15 is 0 Å². The lowest BCUT2D eigenvalue weighted by atomic mass is 9.94. The molecular formula is C13H20N4O2. The second kappa shape index (κ2) is 5.44. The van der Waals surface area contributed by atoms with Crippen LogP contribution in [0.5, 0.6) is 0 Å². The van der Waals surface area contributed by atoms with Crippen LogP contribution in [0.15, 0.2) is 12.3 Å². The van der Waals surface area contributed by atoms with Crippen molar-refractivity contribution >= 4 is 17.5 Å². The van der Waals surface area contributed by atoms with Gasteiger partial charge < -0.3 is 21.1 Å². The SMILES string of the molecule is CC1CN(C)CCC1Nc1cc(C(=O)O)c(N)cn1. The molecule has 2 heterocycles. The van der Waals surface area contributed by atoms with Crippen molar-refractivity contribution in [2.75, 3.05) is 31.2 Å². The Balaban J connectivity index is 2.11. The van der Waals surface area contributed by atoms with Crippen LogP contribution in [0.3, 0.4) is 0 Å². The van der Waals surface area contributed by atoms with Crippen molar-refractivity contribution in [1.82, 2.24) is 9.88 Å². The highest BCUT2D eigenvalue weighted by Crippen LogP contribution is 2.21. The number of nitrogens with two attached hydrogens (primary N) is 1. The highest BCUT2D eigenvalue weighted by atomic mass is 16.4. The molecule has 0 amide bonds. The van der Waals surface area contributed by atoms with Crippen LogP contribution in [0.4, 0.5) is 11.5 Å². The molecule has 2 rings (SSSR count). The Morgan fingerprint density at radius 3 is 3.00 bits per heavy atom. The van der Waals surface area contributed by atoms with Crippen LogP contribution in [-0.2, 0) is 0 Å². The second-order valence-corrected chi connectivity index (χ2v) is 5.24. The minimum atomic E-state index is -1.03. The molecule has 1 saturated heterocycles. The summed E-state index contributed by atoms with van der Waals surface area (Å²) in [4.78, 5) is 17.5. The zero-order valence-corrected chi connectivity index (χ0v) is 11.3. The third kappa shape index (κ3) is 3.14. The number of nitrogens with one attached hydrogen (secondary N) is 1. The van der Waals surface area contributed by atoms with Gasteiger partial charge in [-0.25, -0.2) is 9.78 Å². The highest BCUT2D eigenvalue weighted by Gasteiger charge is 2.24. The predicted molar refractivity (Wildman–Crippen MR) is 74.3 cm³/mol. The van der Waals surface area contributed by atoms with Crippen LogP contribution in [-0.4, -0.2) is 47.1 Å². The summed E-state index contributed by atoms with van der Waals surface area (Å²) >= 11 is 0. The van der Waals surface area contributed by atoms with Gasteiger partial charge in [0, 0.05) is 12.6 Å². The molecule has 0 aromatic carbocycles. The van der Waals surface area contributed by atoms with E-state index < -0.39 is 5.97 Å². The summed E-state index contributed by atoms with van der Waals surface area (Å²) in [5, 5.41) is 12.4. The smallest absolute Gasteiger partial charge is 0.337 e. The van der Waals surface area contributed by atoms with Gasteiger partial charge in [-0.1, -0.05) is 6.92 Å². The molecule has 4 N–H and O–H groups in total. The van der Waals surface area contributed by atoms with E-state index in [0.717, 1.165) is 19.5 Å². The summed E-state index contributed by atoms with van der Waals surface area (Å²) in [6, 6.07) is 1.82. The molecule has 1 aliphatic rings. The summed E-state index contributed by atoms with van der Waals surface area (Å²) in [6.07, 6.45) is 2.41. The first-order valence-electron chi connectivity index (χ1n) is 6.41. The fourth-order valence-corrected chi connectivity index (χ4v) is 2.49. The number of likely N-dealkylation sites (tertiary alicyclic amines) is 1. The van der Waals surface area contributed by atoms with Crippen LogP contribution in [0.1, 0.15) is 23.7 Å².